The maximum absolute atomic E-state index is 13.9. The molecule has 0 radical (unpaired) electrons. The molecule has 0 bridgehead atoms. The van der Waals surface area contributed by atoms with Crippen molar-refractivity contribution in [3.05, 3.63) is 59.7 Å². The van der Waals surface area contributed by atoms with Gasteiger partial charge in [0, 0.05) is 49.1 Å². The van der Waals surface area contributed by atoms with Crippen molar-refractivity contribution >= 4 is 33.4 Å². The average molecular weight is 587 g/mol. The van der Waals surface area contributed by atoms with Gasteiger partial charge in [-0.25, -0.2) is 10.0 Å². The van der Waals surface area contributed by atoms with Gasteiger partial charge in [0.25, 0.3) is 11.8 Å². The summed E-state index contributed by atoms with van der Waals surface area (Å²) >= 11 is 0. The normalized spacial score (nSPS) is 16.9. The van der Waals surface area contributed by atoms with Gasteiger partial charge in [0.05, 0.1) is 37.6 Å². The van der Waals surface area contributed by atoms with E-state index in [9.17, 15) is 9.59 Å². The molecule has 2 saturated heterocycles. The van der Waals surface area contributed by atoms with Crippen molar-refractivity contribution in [1.82, 2.24) is 20.0 Å². The van der Waals surface area contributed by atoms with Crippen LogP contribution in [0.15, 0.2) is 58.3 Å². The first kappa shape index (κ1) is 30.9. The predicted octanol–water partition coefficient (Wildman–Crippen LogP) is 5.18. The summed E-state index contributed by atoms with van der Waals surface area (Å²) in [5.74, 6) is 0.663. The fourth-order valence-corrected chi connectivity index (χ4v) is 7.08. The maximum atomic E-state index is 13.9. The first-order valence-corrected chi connectivity index (χ1v) is 16.3. The molecule has 0 unspecified atom stereocenters. The van der Waals surface area contributed by atoms with Crippen LogP contribution in [0.2, 0.25) is 0 Å². The summed E-state index contributed by atoms with van der Waals surface area (Å²) in [5, 5.41) is 8.01. The van der Waals surface area contributed by atoms with Crippen molar-refractivity contribution in [2.75, 3.05) is 65.7 Å². The maximum Gasteiger partial charge on any atom is 0.269 e. The summed E-state index contributed by atoms with van der Waals surface area (Å²) in [6, 6.07) is 15.5. The summed E-state index contributed by atoms with van der Waals surface area (Å²) < 4.78 is 11.1. The van der Waals surface area contributed by atoms with E-state index in [1.807, 2.05) is 58.5 Å². The Bertz CT molecular complexity index is 1030. The van der Waals surface area contributed by atoms with Gasteiger partial charge in [-0.3, -0.25) is 19.6 Å². The molecule has 2 amide bonds. The Balaban J connectivity index is 1.54. The van der Waals surface area contributed by atoms with E-state index in [4.69, 9.17) is 9.47 Å². The van der Waals surface area contributed by atoms with Crippen LogP contribution in [0.1, 0.15) is 48.4 Å². The first-order valence-electron chi connectivity index (χ1n) is 14.2. The second kappa shape index (κ2) is 15.2. The van der Waals surface area contributed by atoms with Gasteiger partial charge in [0.2, 0.25) is 0 Å². The molecule has 0 aromatic heterocycles. The number of hydrogen-bond acceptors (Lipinski definition) is 8. The molecule has 2 fully saturated rings. The van der Waals surface area contributed by atoms with Gasteiger partial charge in [-0.1, -0.05) is 73.5 Å². The lowest BCUT2D eigenvalue weighted by molar-refractivity contribution is -0.0741. The quantitative estimate of drug-likeness (QED) is 0.334. The number of amides is 2. The smallest absolute Gasteiger partial charge is 0.269 e. The molecule has 8 nitrogen and oxygen atoms in total. The van der Waals surface area contributed by atoms with Crippen LogP contribution in [0.3, 0.4) is 0 Å². The molecule has 2 aliphatic rings. The summed E-state index contributed by atoms with van der Waals surface area (Å²) in [7, 11) is 3.05. The van der Waals surface area contributed by atoms with Crippen LogP contribution in [-0.2, 0) is 9.47 Å². The average Bonchev–Trinajstić information content (AvgIpc) is 2.98. The third-order valence-corrected chi connectivity index (χ3v) is 9.14. The Labute approximate surface area is 246 Å². The van der Waals surface area contributed by atoms with Crippen LogP contribution in [0, 0.1) is 11.8 Å². The Hall–Kier alpha value is -2.08. The van der Waals surface area contributed by atoms with Gasteiger partial charge in [0.1, 0.15) is 0 Å². The zero-order valence-corrected chi connectivity index (χ0v) is 25.7. The van der Waals surface area contributed by atoms with E-state index in [0.717, 1.165) is 9.79 Å². The Kier molecular flexibility index (Phi) is 11.8. The minimum atomic E-state index is -0.000845. The molecule has 4 rings (SSSR count). The summed E-state index contributed by atoms with van der Waals surface area (Å²) in [4.78, 5) is 29.6. The van der Waals surface area contributed by atoms with Crippen molar-refractivity contribution in [1.29, 1.82) is 0 Å². The number of morpholine rings is 2. The van der Waals surface area contributed by atoms with Gasteiger partial charge in [0.15, 0.2) is 0 Å². The van der Waals surface area contributed by atoms with Crippen molar-refractivity contribution in [2.45, 2.75) is 37.5 Å². The molecule has 2 aromatic rings. The SMILES string of the molecule is CC(C)CN(C(=O)c1ccccc1SSc1ccccc1C(=O)N(CC(C)C)N1CCOCC1)N1CCOCC1. The highest BCUT2D eigenvalue weighted by atomic mass is 33.1. The van der Waals surface area contributed by atoms with Crippen molar-refractivity contribution in [3.63, 3.8) is 0 Å². The molecule has 0 aliphatic carbocycles. The number of nitrogens with zero attached hydrogens (tertiary/aromatic N) is 4. The van der Waals surface area contributed by atoms with Gasteiger partial charge in [-0.15, -0.1) is 0 Å². The fraction of sp³-hybridized carbons (Fsp3) is 0.533. The van der Waals surface area contributed by atoms with E-state index in [0.29, 0.717) is 88.7 Å². The Morgan fingerprint density at radius 2 is 1.02 bits per heavy atom. The minimum absolute atomic E-state index is 0.000845. The largest absolute Gasteiger partial charge is 0.379 e. The van der Waals surface area contributed by atoms with E-state index >= 15 is 0 Å². The van der Waals surface area contributed by atoms with Crippen molar-refractivity contribution in [2.24, 2.45) is 11.8 Å². The molecule has 0 N–H and O–H groups in total. The zero-order chi connectivity index (χ0) is 28.5. The topological polar surface area (TPSA) is 65.6 Å². The molecule has 0 saturated carbocycles. The van der Waals surface area contributed by atoms with Gasteiger partial charge in [-0.2, -0.15) is 0 Å². The predicted molar refractivity (Wildman–Crippen MR) is 161 cm³/mol. The van der Waals surface area contributed by atoms with E-state index in [1.165, 1.54) is 21.6 Å². The van der Waals surface area contributed by atoms with Crippen molar-refractivity contribution in [3.8, 4) is 0 Å². The molecule has 2 aliphatic heterocycles. The summed E-state index contributed by atoms with van der Waals surface area (Å²) in [6.45, 7) is 15.1. The number of carbonyl (C=O) groups excluding carboxylic acids is 2. The van der Waals surface area contributed by atoms with Crippen LogP contribution >= 0.6 is 21.6 Å². The third kappa shape index (κ3) is 8.24. The highest BCUT2D eigenvalue weighted by Crippen LogP contribution is 2.41. The highest BCUT2D eigenvalue weighted by molar-refractivity contribution is 8.76. The van der Waals surface area contributed by atoms with Gasteiger partial charge in [-0.05, 0) is 36.1 Å². The second-order valence-corrected chi connectivity index (χ2v) is 13.1. The lowest BCUT2D eigenvalue weighted by Crippen LogP contribution is -2.52. The standard InChI is InChI=1S/C30H42N4O4S2/c1-23(2)21-33(31-13-17-37-18-14-31)29(35)25-9-5-7-11-27(25)39-40-28-12-8-6-10-26(28)30(36)34(22-24(3)4)32-15-19-38-20-16-32/h5-12,23-24H,13-22H2,1-4H3. The zero-order valence-electron chi connectivity index (χ0n) is 24.1. The van der Waals surface area contributed by atoms with E-state index in [1.54, 1.807) is 0 Å². The lowest BCUT2D eigenvalue weighted by atomic mass is 10.1. The van der Waals surface area contributed by atoms with Crippen LogP contribution in [-0.4, -0.2) is 97.5 Å². The molecule has 2 heterocycles. The number of ether oxygens (including phenoxy) is 2. The molecule has 40 heavy (non-hydrogen) atoms. The molecule has 0 atom stereocenters. The molecule has 218 valence electrons. The number of carbonyl (C=O) groups is 2. The minimum Gasteiger partial charge on any atom is -0.379 e. The third-order valence-electron chi connectivity index (χ3n) is 6.66. The van der Waals surface area contributed by atoms with Gasteiger partial charge < -0.3 is 9.47 Å². The number of benzene rings is 2. The number of hydrogen-bond donors (Lipinski definition) is 0. The van der Waals surface area contributed by atoms with E-state index in [-0.39, 0.29) is 11.8 Å². The summed E-state index contributed by atoms with van der Waals surface area (Å²) in [5.41, 5.74) is 1.34. The van der Waals surface area contributed by atoms with Crippen molar-refractivity contribution < 1.29 is 19.1 Å². The molecule has 2 aromatic carbocycles. The molecule has 10 heteroatoms. The van der Waals surface area contributed by atoms with Crippen LogP contribution in [0.4, 0.5) is 0 Å². The Morgan fingerprint density at radius 1 is 0.675 bits per heavy atom. The Morgan fingerprint density at radius 3 is 1.38 bits per heavy atom. The molecular formula is C30H42N4O4S2. The van der Waals surface area contributed by atoms with Crippen LogP contribution < -0.4 is 0 Å². The first-order chi connectivity index (χ1) is 19.3. The highest BCUT2D eigenvalue weighted by Gasteiger charge is 2.29. The van der Waals surface area contributed by atoms with Crippen LogP contribution in [0.5, 0.6) is 0 Å². The molecule has 0 spiro atoms. The summed E-state index contributed by atoms with van der Waals surface area (Å²) in [6.07, 6.45) is 0. The molecular weight excluding hydrogens is 544 g/mol. The van der Waals surface area contributed by atoms with E-state index in [2.05, 4.69) is 37.7 Å². The number of rotatable bonds is 11. The van der Waals surface area contributed by atoms with Gasteiger partial charge >= 0.3 is 0 Å². The fourth-order valence-electron chi connectivity index (χ4n) is 4.74. The van der Waals surface area contributed by atoms with E-state index < -0.39 is 0 Å². The lowest BCUT2D eigenvalue weighted by Gasteiger charge is -2.38. The second-order valence-electron chi connectivity index (χ2n) is 10.9. The monoisotopic (exact) mass is 586 g/mol. The van der Waals surface area contributed by atoms with Crippen LogP contribution in [0.25, 0.3) is 0 Å². The number of hydrazine groups is 2.